The topological polar surface area (TPSA) is 68.4 Å². The Morgan fingerprint density at radius 2 is 2.50 bits per heavy atom. The van der Waals surface area contributed by atoms with Crippen LogP contribution in [-0.2, 0) is 11.2 Å². The van der Waals surface area contributed by atoms with Crippen LogP contribution in [0.2, 0.25) is 0 Å². The van der Waals surface area contributed by atoms with E-state index in [1.807, 2.05) is 6.92 Å². The molecule has 4 heteroatoms. The molecule has 3 N–H and O–H groups in total. The van der Waals surface area contributed by atoms with Gasteiger partial charge < -0.3 is 15.6 Å². The minimum atomic E-state index is -0.770. The number of rotatable bonds is 3. The molecular formula is C12H18N2O2. The molecule has 0 radical (unpaired) electrons. The number of nitrogens with two attached hydrogens (primary N) is 1. The Morgan fingerprint density at radius 3 is 3.12 bits per heavy atom. The van der Waals surface area contributed by atoms with Gasteiger partial charge in [-0.05, 0) is 25.0 Å². The number of pyridine rings is 1. The Morgan fingerprint density at radius 1 is 1.69 bits per heavy atom. The van der Waals surface area contributed by atoms with Gasteiger partial charge in [0.1, 0.15) is 0 Å². The molecule has 1 aromatic heterocycles. The van der Waals surface area contributed by atoms with E-state index in [-0.39, 0.29) is 5.92 Å². The van der Waals surface area contributed by atoms with Gasteiger partial charge in [0.05, 0.1) is 12.2 Å². The largest absolute Gasteiger partial charge is 0.398 e. The van der Waals surface area contributed by atoms with E-state index < -0.39 is 5.60 Å². The van der Waals surface area contributed by atoms with Gasteiger partial charge in [-0.2, -0.15) is 0 Å². The molecule has 2 atom stereocenters. The van der Waals surface area contributed by atoms with Gasteiger partial charge in [0.25, 0.3) is 0 Å². The Hall–Kier alpha value is -1.13. The van der Waals surface area contributed by atoms with Crippen LogP contribution in [0, 0.1) is 5.92 Å². The van der Waals surface area contributed by atoms with E-state index in [2.05, 4.69) is 4.98 Å². The zero-order valence-corrected chi connectivity index (χ0v) is 9.52. The summed E-state index contributed by atoms with van der Waals surface area (Å²) in [6, 6.07) is 1.76. The lowest BCUT2D eigenvalue weighted by atomic mass is 9.83. The summed E-state index contributed by atoms with van der Waals surface area (Å²) in [6.45, 7) is 3.22. The van der Waals surface area contributed by atoms with Crippen LogP contribution in [0.3, 0.4) is 0 Å². The van der Waals surface area contributed by atoms with E-state index in [0.717, 1.165) is 18.6 Å². The van der Waals surface area contributed by atoms with Crippen LogP contribution in [-0.4, -0.2) is 28.9 Å². The van der Waals surface area contributed by atoms with Gasteiger partial charge in [-0.3, -0.25) is 4.98 Å². The van der Waals surface area contributed by atoms with Gasteiger partial charge in [0.2, 0.25) is 0 Å². The number of anilines is 1. The molecule has 1 fully saturated rings. The summed E-state index contributed by atoms with van der Waals surface area (Å²) < 4.78 is 5.30. The summed E-state index contributed by atoms with van der Waals surface area (Å²) in [5.74, 6) is 0.187. The number of hydrogen-bond acceptors (Lipinski definition) is 4. The third-order valence-corrected chi connectivity index (χ3v) is 3.30. The predicted molar refractivity (Wildman–Crippen MR) is 61.9 cm³/mol. The van der Waals surface area contributed by atoms with Crippen molar-refractivity contribution in [1.82, 2.24) is 4.98 Å². The van der Waals surface area contributed by atoms with Gasteiger partial charge in [0.15, 0.2) is 0 Å². The molecule has 0 spiro atoms. The first-order chi connectivity index (χ1) is 7.59. The fourth-order valence-corrected chi connectivity index (χ4v) is 2.14. The molecule has 16 heavy (non-hydrogen) atoms. The average molecular weight is 222 g/mol. The molecule has 1 aliphatic heterocycles. The third-order valence-electron chi connectivity index (χ3n) is 3.30. The van der Waals surface area contributed by atoms with Crippen LogP contribution in [0.1, 0.15) is 18.9 Å². The van der Waals surface area contributed by atoms with Gasteiger partial charge in [-0.25, -0.2) is 0 Å². The maximum atomic E-state index is 10.4. The van der Waals surface area contributed by atoms with E-state index in [9.17, 15) is 5.11 Å². The molecule has 0 bridgehead atoms. The van der Waals surface area contributed by atoms with E-state index in [0.29, 0.717) is 18.7 Å². The number of aromatic nitrogens is 1. The first kappa shape index (κ1) is 11.4. The fourth-order valence-electron chi connectivity index (χ4n) is 2.14. The lowest BCUT2D eigenvalue weighted by Crippen LogP contribution is -2.37. The molecule has 2 unspecified atom stereocenters. The molecule has 0 aliphatic carbocycles. The second-order valence-electron chi connectivity index (χ2n) is 4.67. The third kappa shape index (κ3) is 2.33. The number of aliphatic hydroxyl groups is 1. The van der Waals surface area contributed by atoms with Gasteiger partial charge >= 0.3 is 0 Å². The molecule has 4 nitrogen and oxygen atoms in total. The monoisotopic (exact) mass is 222 g/mol. The molecule has 1 aliphatic rings. The van der Waals surface area contributed by atoms with Crippen molar-refractivity contribution in [2.24, 2.45) is 5.92 Å². The standard InChI is InChI=1S/C12H18N2O2/c1-12(15,10-3-5-16-8-10)6-9-7-14-4-2-11(9)13/h2,4,7,10,15H,3,5-6,8H2,1H3,(H2,13,14). The van der Waals surface area contributed by atoms with Crippen LogP contribution in [0.4, 0.5) is 5.69 Å². The second kappa shape index (κ2) is 4.39. The molecule has 88 valence electrons. The quantitative estimate of drug-likeness (QED) is 0.800. The first-order valence-electron chi connectivity index (χ1n) is 5.58. The summed E-state index contributed by atoms with van der Waals surface area (Å²) in [4.78, 5) is 4.03. The lowest BCUT2D eigenvalue weighted by Gasteiger charge is -2.29. The smallest absolute Gasteiger partial charge is 0.0712 e. The van der Waals surface area contributed by atoms with Crippen molar-refractivity contribution in [3.05, 3.63) is 24.0 Å². The molecule has 0 amide bonds. The maximum absolute atomic E-state index is 10.4. The van der Waals surface area contributed by atoms with Gasteiger partial charge in [0, 0.05) is 37.0 Å². The minimum Gasteiger partial charge on any atom is -0.398 e. The molecular weight excluding hydrogens is 204 g/mol. The lowest BCUT2D eigenvalue weighted by molar-refractivity contribution is -0.00447. The maximum Gasteiger partial charge on any atom is 0.0712 e. The Labute approximate surface area is 95.4 Å². The predicted octanol–water partition coefficient (Wildman–Crippen LogP) is 0.994. The van der Waals surface area contributed by atoms with Crippen molar-refractivity contribution in [3.63, 3.8) is 0 Å². The number of ether oxygens (including phenoxy) is 1. The highest BCUT2D eigenvalue weighted by molar-refractivity contribution is 5.45. The van der Waals surface area contributed by atoms with Crippen molar-refractivity contribution in [3.8, 4) is 0 Å². The summed E-state index contributed by atoms with van der Waals surface area (Å²) >= 11 is 0. The summed E-state index contributed by atoms with van der Waals surface area (Å²) in [7, 11) is 0. The average Bonchev–Trinajstić information content (AvgIpc) is 2.75. The van der Waals surface area contributed by atoms with E-state index >= 15 is 0 Å². The number of nitrogens with zero attached hydrogens (tertiary/aromatic N) is 1. The molecule has 1 saturated heterocycles. The van der Waals surface area contributed by atoms with E-state index in [1.54, 1.807) is 18.5 Å². The summed E-state index contributed by atoms with van der Waals surface area (Å²) in [5, 5.41) is 10.4. The van der Waals surface area contributed by atoms with Crippen LogP contribution in [0.5, 0.6) is 0 Å². The highest BCUT2D eigenvalue weighted by Crippen LogP contribution is 2.30. The zero-order chi connectivity index (χ0) is 11.6. The number of hydrogen-bond donors (Lipinski definition) is 2. The molecule has 2 rings (SSSR count). The zero-order valence-electron chi connectivity index (χ0n) is 9.52. The molecule has 0 aromatic carbocycles. The molecule has 0 saturated carbocycles. The van der Waals surface area contributed by atoms with Gasteiger partial charge in [-0.15, -0.1) is 0 Å². The van der Waals surface area contributed by atoms with Crippen molar-refractivity contribution >= 4 is 5.69 Å². The van der Waals surface area contributed by atoms with Crippen LogP contribution >= 0.6 is 0 Å². The fraction of sp³-hybridized carbons (Fsp3) is 0.583. The Bertz CT molecular complexity index is 360. The Kier molecular flexibility index (Phi) is 3.12. The van der Waals surface area contributed by atoms with Crippen molar-refractivity contribution in [2.75, 3.05) is 18.9 Å². The summed E-state index contributed by atoms with van der Waals surface area (Å²) in [6.07, 6.45) is 4.82. The van der Waals surface area contributed by atoms with E-state index in [4.69, 9.17) is 10.5 Å². The minimum absolute atomic E-state index is 0.187. The van der Waals surface area contributed by atoms with Crippen molar-refractivity contribution in [1.29, 1.82) is 0 Å². The number of nitrogen functional groups attached to an aromatic ring is 1. The summed E-state index contributed by atoms with van der Waals surface area (Å²) in [5.41, 5.74) is 6.67. The van der Waals surface area contributed by atoms with Crippen molar-refractivity contribution < 1.29 is 9.84 Å². The van der Waals surface area contributed by atoms with Crippen LogP contribution < -0.4 is 5.73 Å². The molecule has 1 aromatic rings. The second-order valence-corrected chi connectivity index (χ2v) is 4.67. The van der Waals surface area contributed by atoms with Crippen LogP contribution in [0.25, 0.3) is 0 Å². The normalized spacial score (nSPS) is 24.2. The van der Waals surface area contributed by atoms with Gasteiger partial charge in [-0.1, -0.05) is 0 Å². The first-order valence-corrected chi connectivity index (χ1v) is 5.58. The van der Waals surface area contributed by atoms with E-state index in [1.165, 1.54) is 0 Å². The van der Waals surface area contributed by atoms with Crippen molar-refractivity contribution in [2.45, 2.75) is 25.4 Å². The highest BCUT2D eigenvalue weighted by atomic mass is 16.5. The molecule has 2 heterocycles. The SMILES string of the molecule is CC(O)(Cc1cnccc1N)C1CCOC1. The Balaban J connectivity index is 2.10. The highest BCUT2D eigenvalue weighted by Gasteiger charge is 2.35. The van der Waals surface area contributed by atoms with Crippen LogP contribution in [0.15, 0.2) is 18.5 Å².